The number of nitrogens with one attached hydrogen (secondary N) is 1. The zero-order valence-corrected chi connectivity index (χ0v) is 13.0. The maximum atomic E-state index is 5.76. The molecule has 22 heavy (non-hydrogen) atoms. The van der Waals surface area contributed by atoms with Crippen molar-refractivity contribution in [3.05, 3.63) is 29.6 Å². The lowest BCUT2D eigenvalue weighted by molar-refractivity contribution is 0.0491. The molecule has 118 valence electrons. The van der Waals surface area contributed by atoms with E-state index in [1.165, 1.54) is 11.1 Å². The molecule has 1 fully saturated rings. The van der Waals surface area contributed by atoms with Gasteiger partial charge in [0.1, 0.15) is 12.4 Å². The van der Waals surface area contributed by atoms with Crippen LogP contribution in [0.15, 0.2) is 18.2 Å². The first-order chi connectivity index (χ1) is 10.8. The molecule has 5 heteroatoms. The molecule has 2 aliphatic heterocycles. The molecule has 0 bridgehead atoms. The van der Waals surface area contributed by atoms with Crippen LogP contribution in [0.1, 0.15) is 30.3 Å². The smallest absolute Gasteiger partial charge is 0.136 e. The molecule has 0 radical (unpaired) electrons. The van der Waals surface area contributed by atoms with E-state index in [1.807, 2.05) is 0 Å². The number of nitrogens with zero attached hydrogens (tertiary/aromatic N) is 2. The molecule has 0 unspecified atom stereocenters. The van der Waals surface area contributed by atoms with Crippen LogP contribution in [0.25, 0.3) is 11.0 Å². The van der Waals surface area contributed by atoms with Crippen LogP contribution in [0.3, 0.4) is 0 Å². The molecule has 4 rings (SSSR count). The average Bonchev–Trinajstić information content (AvgIpc) is 2.91. The van der Waals surface area contributed by atoms with E-state index in [4.69, 9.17) is 14.5 Å². The van der Waals surface area contributed by atoms with Crippen LogP contribution in [-0.4, -0.2) is 42.0 Å². The van der Waals surface area contributed by atoms with E-state index in [9.17, 15) is 0 Å². The summed E-state index contributed by atoms with van der Waals surface area (Å²) >= 11 is 0. The van der Waals surface area contributed by atoms with Gasteiger partial charge in [-0.1, -0.05) is 6.07 Å². The summed E-state index contributed by atoms with van der Waals surface area (Å²) in [6.07, 6.45) is 2.20. The number of hydrogen-bond donors (Lipinski definition) is 1. The minimum Gasteiger partial charge on any atom is -0.381 e. The first-order valence-electron chi connectivity index (χ1n) is 8.17. The summed E-state index contributed by atoms with van der Waals surface area (Å²) in [5.41, 5.74) is 3.56. The third-order valence-corrected chi connectivity index (χ3v) is 4.69. The number of hydrogen-bond acceptors (Lipinski definition) is 4. The van der Waals surface area contributed by atoms with Crippen LogP contribution in [0.2, 0.25) is 0 Å². The molecule has 0 aliphatic carbocycles. The van der Waals surface area contributed by atoms with Crippen molar-refractivity contribution < 1.29 is 9.47 Å². The maximum Gasteiger partial charge on any atom is 0.136 e. The van der Waals surface area contributed by atoms with Crippen LogP contribution in [-0.2, 0) is 16.1 Å². The summed E-state index contributed by atoms with van der Waals surface area (Å²) in [4.78, 5) is 4.75. The summed E-state index contributed by atoms with van der Waals surface area (Å²) in [7, 11) is 0. The molecule has 1 N–H and O–H groups in total. The maximum absolute atomic E-state index is 5.76. The highest BCUT2D eigenvalue weighted by atomic mass is 16.5. The van der Waals surface area contributed by atoms with Gasteiger partial charge in [-0.15, -0.1) is 0 Å². The van der Waals surface area contributed by atoms with Crippen molar-refractivity contribution in [2.24, 2.45) is 0 Å². The number of imidazole rings is 1. The molecule has 2 aromatic rings. The second-order valence-electron chi connectivity index (χ2n) is 6.35. The summed E-state index contributed by atoms with van der Waals surface area (Å²) in [6.45, 7) is 6.15. The van der Waals surface area contributed by atoms with Gasteiger partial charge in [0.2, 0.25) is 0 Å². The SMILES string of the molecule is Cc1ccc2c(c1)nc1n2[C@@H](CNC2CCOCC2)COC1. The van der Waals surface area contributed by atoms with E-state index in [2.05, 4.69) is 35.0 Å². The molecule has 1 aromatic heterocycles. The van der Waals surface area contributed by atoms with Gasteiger partial charge in [-0.3, -0.25) is 0 Å². The van der Waals surface area contributed by atoms with Gasteiger partial charge in [0, 0.05) is 25.8 Å². The Hall–Kier alpha value is -1.43. The average molecular weight is 301 g/mol. The molecule has 3 heterocycles. The monoisotopic (exact) mass is 301 g/mol. The highest BCUT2D eigenvalue weighted by molar-refractivity contribution is 5.77. The quantitative estimate of drug-likeness (QED) is 0.944. The van der Waals surface area contributed by atoms with E-state index in [-0.39, 0.29) is 0 Å². The molecule has 1 aromatic carbocycles. The number of aromatic nitrogens is 2. The van der Waals surface area contributed by atoms with Gasteiger partial charge in [-0.25, -0.2) is 4.98 Å². The fourth-order valence-corrected chi connectivity index (χ4v) is 3.48. The lowest BCUT2D eigenvalue weighted by Crippen LogP contribution is -2.40. The fourth-order valence-electron chi connectivity index (χ4n) is 3.48. The Labute approximate surface area is 130 Å². The van der Waals surface area contributed by atoms with E-state index >= 15 is 0 Å². The Morgan fingerprint density at radius 1 is 1.27 bits per heavy atom. The van der Waals surface area contributed by atoms with Crippen molar-refractivity contribution in [3.63, 3.8) is 0 Å². The number of benzene rings is 1. The predicted octanol–water partition coefficient (Wildman–Crippen LogP) is 2.18. The van der Waals surface area contributed by atoms with Crippen molar-refractivity contribution >= 4 is 11.0 Å². The lowest BCUT2D eigenvalue weighted by Gasteiger charge is -2.30. The summed E-state index contributed by atoms with van der Waals surface area (Å²) in [5.74, 6) is 1.05. The third-order valence-electron chi connectivity index (χ3n) is 4.69. The van der Waals surface area contributed by atoms with Gasteiger partial charge in [-0.05, 0) is 37.5 Å². The Kier molecular flexibility index (Phi) is 3.86. The second-order valence-corrected chi connectivity index (χ2v) is 6.35. The zero-order valence-electron chi connectivity index (χ0n) is 13.0. The molecule has 2 aliphatic rings. The standard InChI is InChI=1S/C17H23N3O2/c1-12-2-3-16-15(8-12)19-17-11-22-10-14(20(16)17)9-18-13-4-6-21-7-5-13/h2-3,8,13-14,18H,4-7,9-11H2,1H3/t14-/m0/s1. The molecule has 5 nitrogen and oxygen atoms in total. The third kappa shape index (κ3) is 2.64. The van der Waals surface area contributed by atoms with E-state index in [0.717, 1.165) is 50.5 Å². The van der Waals surface area contributed by atoms with Crippen molar-refractivity contribution in [3.8, 4) is 0 Å². The highest BCUT2D eigenvalue weighted by Crippen LogP contribution is 2.26. The van der Waals surface area contributed by atoms with Crippen LogP contribution in [0, 0.1) is 6.92 Å². The second kappa shape index (κ2) is 5.99. The number of fused-ring (bicyclic) bond motifs is 3. The van der Waals surface area contributed by atoms with E-state index in [0.29, 0.717) is 18.7 Å². The Morgan fingerprint density at radius 2 is 2.14 bits per heavy atom. The normalized spacial score (nSPS) is 22.9. The van der Waals surface area contributed by atoms with Gasteiger partial charge in [0.25, 0.3) is 0 Å². The van der Waals surface area contributed by atoms with Crippen molar-refractivity contribution in [2.45, 2.75) is 38.5 Å². The van der Waals surface area contributed by atoms with Gasteiger partial charge in [0.05, 0.1) is 23.7 Å². The van der Waals surface area contributed by atoms with Crippen molar-refractivity contribution in [1.82, 2.24) is 14.9 Å². The molecule has 1 atom stereocenters. The van der Waals surface area contributed by atoms with E-state index in [1.54, 1.807) is 0 Å². The van der Waals surface area contributed by atoms with Crippen LogP contribution in [0.4, 0.5) is 0 Å². The summed E-state index contributed by atoms with van der Waals surface area (Å²) in [6, 6.07) is 7.39. The minimum atomic E-state index is 0.319. The summed E-state index contributed by atoms with van der Waals surface area (Å²) < 4.78 is 13.6. The van der Waals surface area contributed by atoms with Gasteiger partial charge in [0.15, 0.2) is 0 Å². The molecular formula is C17H23N3O2. The molecular weight excluding hydrogens is 278 g/mol. The largest absolute Gasteiger partial charge is 0.381 e. The number of rotatable bonds is 3. The number of ether oxygens (including phenoxy) is 2. The molecule has 0 spiro atoms. The molecule has 0 saturated carbocycles. The van der Waals surface area contributed by atoms with Crippen LogP contribution < -0.4 is 5.32 Å². The highest BCUT2D eigenvalue weighted by Gasteiger charge is 2.25. The molecule has 1 saturated heterocycles. The first-order valence-corrected chi connectivity index (χ1v) is 8.17. The van der Waals surface area contributed by atoms with Gasteiger partial charge >= 0.3 is 0 Å². The fraction of sp³-hybridized carbons (Fsp3) is 0.588. The molecule has 0 amide bonds. The first kappa shape index (κ1) is 14.2. The van der Waals surface area contributed by atoms with Crippen LogP contribution >= 0.6 is 0 Å². The van der Waals surface area contributed by atoms with Crippen LogP contribution in [0.5, 0.6) is 0 Å². The summed E-state index contributed by atoms with van der Waals surface area (Å²) in [5, 5.41) is 3.69. The van der Waals surface area contributed by atoms with Crippen molar-refractivity contribution in [2.75, 3.05) is 26.4 Å². The van der Waals surface area contributed by atoms with E-state index < -0.39 is 0 Å². The van der Waals surface area contributed by atoms with Gasteiger partial charge in [-0.2, -0.15) is 0 Å². The zero-order chi connectivity index (χ0) is 14.9. The Balaban J connectivity index is 1.56. The predicted molar refractivity (Wildman–Crippen MR) is 85.0 cm³/mol. The van der Waals surface area contributed by atoms with Gasteiger partial charge < -0.3 is 19.4 Å². The Bertz CT molecular complexity index is 661. The lowest BCUT2D eigenvalue weighted by atomic mass is 10.1. The number of aryl methyl sites for hydroxylation is 1. The Morgan fingerprint density at radius 3 is 3.00 bits per heavy atom. The topological polar surface area (TPSA) is 48.3 Å². The minimum absolute atomic E-state index is 0.319. The van der Waals surface area contributed by atoms with Crippen molar-refractivity contribution in [1.29, 1.82) is 0 Å².